The second-order valence-corrected chi connectivity index (χ2v) is 5.20. The third kappa shape index (κ3) is 2.27. The summed E-state index contributed by atoms with van der Waals surface area (Å²) in [6, 6.07) is 0. The maximum absolute atomic E-state index is 12.5. The number of aromatic nitrogens is 4. The van der Waals surface area contributed by atoms with Gasteiger partial charge in [-0.05, 0) is 20.8 Å². The van der Waals surface area contributed by atoms with E-state index in [0.29, 0.717) is 0 Å². The fourth-order valence-electron chi connectivity index (χ4n) is 1.80. The Kier molecular flexibility index (Phi) is 3.31. The number of rotatable bonds is 2. The van der Waals surface area contributed by atoms with Crippen LogP contribution in [0.5, 0.6) is 0 Å². The molecule has 0 saturated heterocycles. The van der Waals surface area contributed by atoms with Crippen molar-refractivity contribution in [2.45, 2.75) is 26.3 Å². The number of imidazole rings is 1. The molecule has 20 heavy (non-hydrogen) atoms. The van der Waals surface area contributed by atoms with Gasteiger partial charge in [0.25, 0.3) is 5.56 Å². The minimum absolute atomic E-state index is 0.140. The molecule has 0 aliphatic carbocycles. The van der Waals surface area contributed by atoms with Crippen LogP contribution in [-0.2, 0) is 5.54 Å². The normalized spacial score (nSPS) is 12.7. The van der Waals surface area contributed by atoms with Crippen LogP contribution in [0.1, 0.15) is 26.6 Å². The summed E-state index contributed by atoms with van der Waals surface area (Å²) in [7, 11) is 0. The lowest BCUT2D eigenvalue weighted by Crippen LogP contribution is -2.36. The predicted octanol–water partition coefficient (Wildman–Crippen LogP) is 0.278. The molecule has 0 spiro atoms. The highest BCUT2D eigenvalue weighted by Gasteiger charge is 2.19. The predicted molar refractivity (Wildman–Crippen MR) is 73.1 cm³/mol. The van der Waals surface area contributed by atoms with Crippen LogP contribution in [0.2, 0.25) is 0 Å². The summed E-state index contributed by atoms with van der Waals surface area (Å²) in [5.74, 6) is 0.104. The Hall–Kier alpha value is -2.64. The van der Waals surface area contributed by atoms with Gasteiger partial charge in [-0.2, -0.15) is 0 Å². The summed E-state index contributed by atoms with van der Waals surface area (Å²) in [5, 5.41) is 11.6. The summed E-state index contributed by atoms with van der Waals surface area (Å²) in [5.41, 5.74) is 4.86. The van der Waals surface area contributed by atoms with E-state index < -0.39 is 0 Å². The van der Waals surface area contributed by atoms with Gasteiger partial charge >= 0.3 is 0 Å². The van der Waals surface area contributed by atoms with Gasteiger partial charge in [0, 0.05) is 30.3 Å². The van der Waals surface area contributed by atoms with Crippen molar-refractivity contribution in [3.05, 3.63) is 41.0 Å². The first-order valence-corrected chi connectivity index (χ1v) is 5.96. The second kappa shape index (κ2) is 4.80. The third-order valence-corrected chi connectivity index (χ3v) is 2.75. The molecule has 2 aromatic rings. The summed E-state index contributed by atoms with van der Waals surface area (Å²) in [4.78, 5) is 20.5. The molecule has 0 saturated carbocycles. The lowest BCUT2D eigenvalue weighted by Gasteiger charge is -2.22. The Balaban J connectivity index is 2.67. The van der Waals surface area contributed by atoms with E-state index in [1.807, 2.05) is 20.8 Å². The molecule has 0 amide bonds. The molecule has 8 nitrogen and oxygen atoms in total. The molecular formula is C12H16N6O2. The molecule has 2 aromatic heterocycles. The molecule has 0 aliphatic heterocycles. The van der Waals surface area contributed by atoms with Crippen molar-refractivity contribution in [1.29, 1.82) is 0 Å². The van der Waals surface area contributed by atoms with Gasteiger partial charge in [0.15, 0.2) is 5.82 Å². The van der Waals surface area contributed by atoms with Crippen LogP contribution >= 0.6 is 0 Å². The van der Waals surface area contributed by atoms with Crippen LogP contribution < -0.4 is 11.3 Å². The zero-order valence-electron chi connectivity index (χ0n) is 11.5. The van der Waals surface area contributed by atoms with Gasteiger partial charge in [0.05, 0.1) is 0 Å². The van der Waals surface area contributed by atoms with E-state index in [4.69, 9.17) is 10.9 Å². The van der Waals surface area contributed by atoms with Gasteiger partial charge in [-0.3, -0.25) is 9.36 Å². The molecule has 3 N–H and O–H groups in total. The van der Waals surface area contributed by atoms with E-state index in [9.17, 15) is 4.79 Å². The zero-order valence-corrected chi connectivity index (χ0v) is 11.5. The van der Waals surface area contributed by atoms with Crippen molar-refractivity contribution in [3.8, 4) is 5.82 Å². The monoisotopic (exact) mass is 276 g/mol. The first-order valence-electron chi connectivity index (χ1n) is 5.96. The van der Waals surface area contributed by atoms with Crippen LogP contribution in [-0.4, -0.2) is 30.1 Å². The van der Waals surface area contributed by atoms with Crippen LogP contribution in [0, 0.1) is 0 Å². The van der Waals surface area contributed by atoms with Crippen LogP contribution in [0.25, 0.3) is 5.82 Å². The molecule has 0 aliphatic rings. The SMILES string of the molecule is CC(C)(C)n1ccnc(-n2ccnc2/C(N)=N/O)c1=O. The average molecular weight is 276 g/mol. The first kappa shape index (κ1) is 13.8. The number of amidine groups is 1. The van der Waals surface area contributed by atoms with Crippen molar-refractivity contribution in [1.82, 2.24) is 19.1 Å². The molecule has 0 fully saturated rings. The zero-order chi connectivity index (χ0) is 14.9. The van der Waals surface area contributed by atoms with E-state index in [0.717, 1.165) is 0 Å². The largest absolute Gasteiger partial charge is 0.409 e. The average Bonchev–Trinajstić information content (AvgIpc) is 2.85. The smallest absolute Gasteiger partial charge is 0.294 e. The van der Waals surface area contributed by atoms with Crippen molar-refractivity contribution >= 4 is 5.84 Å². The molecule has 8 heteroatoms. The lowest BCUT2D eigenvalue weighted by molar-refractivity contribution is 0.318. The number of hydrogen-bond donors (Lipinski definition) is 2. The maximum Gasteiger partial charge on any atom is 0.294 e. The third-order valence-electron chi connectivity index (χ3n) is 2.75. The molecule has 106 valence electrons. The van der Waals surface area contributed by atoms with E-state index in [1.54, 1.807) is 10.8 Å². The number of nitrogens with zero attached hydrogens (tertiary/aromatic N) is 5. The van der Waals surface area contributed by atoms with Gasteiger partial charge in [-0.25, -0.2) is 9.97 Å². The van der Waals surface area contributed by atoms with Gasteiger partial charge < -0.3 is 15.5 Å². The summed E-state index contributed by atoms with van der Waals surface area (Å²) in [6.07, 6.45) is 6.12. The quantitative estimate of drug-likeness (QED) is 0.354. The highest BCUT2D eigenvalue weighted by molar-refractivity contribution is 5.94. The fraction of sp³-hybridized carbons (Fsp3) is 0.333. The second-order valence-electron chi connectivity index (χ2n) is 5.20. The molecule has 0 unspecified atom stereocenters. The van der Waals surface area contributed by atoms with Crippen molar-refractivity contribution in [2.75, 3.05) is 0 Å². The van der Waals surface area contributed by atoms with Crippen LogP contribution in [0.15, 0.2) is 34.7 Å². The molecular weight excluding hydrogens is 260 g/mol. The molecule has 2 rings (SSSR count). The number of hydrogen-bond acceptors (Lipinski definition) is 5. The van der Waals surface area contributed by atoms with Gasteiger partial charge in [-0.1, -0.05) is 5.16 Å². The Bertz CT molecular complexity index is 707. The van der Waals surface area contributed by atoms with Crippen molar-refractivity contribution in [3.63, 3.8) is 0 Å². The molecule has 0 radical (unpaired) electrons. The first-order chi connectivity index (χ1) is 9.36. The van der Waals surface area contributed by atoms with Gasteiger partial charge in [-0.15, -0.1) is 0 Å². The van der Waals surface area contributed by atoms with E-state index in [1.165, 1.54) is 23.2 Å². The topological polar surface area (TPSA) is 111 Å². The van der Waals surface area contributed by atoms with E-state index >= 15 is 0 Å². The Morgan fingerprint density at radius 1 is 1.30 bits per heavy atom. The summed E-state index contributed by atoms with van der Waals surface area (Å²) >= 11 is 0. The highest BCUT2D eigenvalue weighted by Crippen LogP contribution is 2.11. The fourth-order valence-corrected chi connectivity index (χ4v) is 1.80. The number of nitrogens with two attached hydrogens (primary N) is 1. The maximum atomic E-state index is 12.5. The van der Waals surface area contributed by atoms with E-state index in [-0.39, 0.29) is 28.6 Å². The molecule has 0 bridgehead atoms. The van der Waals surface area contributed by atoms with Gasteiger partial charge in [0.1, 0.15) is 0 Å². The lowest BCUT2D eigenvalue weighted by atomic mass is 10.1. The Labute approximate surface area is 115 Å². The van der Waals surface area contributed by atoms with Gasteiger partial charge in [0.2, 0.25) is 11.7 Å². The van der Waals surface area contributed by atoms with Crippen LogP contribution in [0.3, 0.4) is 0 Å². The standard InChI is InChI=1S/C12H16N6O2/c1-12(2,3)18-7-5-15-10(11(18)19)17-6-4-14-9(17)8(13)16-20/h4-7,20H,1-3H3,(H2,13,16). The highest BCUT2D eigenvalue weighted by atomic mass is 16.4. The Morgan fingerprint density at radius 2 is 1.95 bits per heavy atom. The number of oxime groups is 1. The Morgan fingerprint density at radius 3 is 2.55 bits per heavy atom. The molecule has 0 atom stereocenters. The summed E-state index contributed by atoms with van der Waals surface area (Å²) < 4.78 is 2.95. The minimum atomic E-state index is -0.383. The summed E-state index contributed by atoms with van der Waals surface area (Å²) in [6.45, 7) is 5.74. The molecule has 0 aromatic carbocycles. The minimum Gasteiger partial charge on any atom is -0.409 e. The molecule has 2 heterocycles. The van der Waals surface area contributed by atoms with Crippen molar-refractivity contribution < 1.29 is 5.21 Å². The van der Waals surface area contributed by atoms with E-state index in [2.05, 4.69) is 15.1 Å². The van der Waals surface area contributed by atoms with Crippen molar-refractivity contribution in [2.24, 2.45) is 10.9 Å². The van der Waals surface area contributed by atoms with Crippen LogP contribution in [0.4, 0.5) is 0 Å².